The van der Waals surface area contributed by atoms with E-state index in [1.165, 1.54) is 0 Å². The average Bonchev–Trinajstić information content (AvgIpc) is 3.03. The molecule has 6 heteroatoms. The number of hydrogen-bond acceptors (Lipinski definition) is 4. The number of ether oxygens (including phenoxy) is 2. The van der Waals surface area contributed by atoms with Gasteiger partial charge in [0.25, 0.3) is 0 Å². The van der Waals surface area contributed by atoms with Crippen molar-refractivity contribution in [2.75, 3.05) is 13.7 Å². The summed E-state index contributed by atoms with van der Waals surface area (Å²) in [6.45, 7) is 7.02. The van der Waals surface area contributed by atoms with Crippen molar-refractivity contribution in [2.24, 2.45) is 5.92 Å². The van der Waals surface area contributed by atoms with Crippen molar-refractivity contribution < 1.29 is 24.2 Å². The Balaban J connectivity index is 1.72. The van der Waals surface area contributed by atoms with E-state index < -0.39 is 11.9 Å². The predicted molar refractivity (Wildman–Crippen MR) is 109 cm³/mol. The normalized spacial score (nSPS) is 16.8. The second-order valence-corrected chi connectivity index (χ2v) is 8.37. The Bertz CT molecular complexity index is 898. The number of amides is 1. The van der Waals surface area contributed by atoms with Crippen LogP contribution >= 0.6 is 0 Å². The molecule has 1 saturated heterocycles. The molecule has 1 aliphatic heterocycles. The van der Waals surface area contributed by atoms with Gasteiger partial charge >= 0.3 is 5.97 Å². The summed E-state index contributed by atoms with van der Waals surface area (Å²) in [5.74, 6) is 0.596. The molecule has 1 amide bonds. The van der Waals surface area contributed by atoms with Crippen molar-refractivity contribution in [3.63, 3.8) is 0 Å². The molecular weight excluding hydrogens is 370 g/mol. The van der Waals surface area contributed by atoms with E-state index in [0.29, 0.717) is 12.3 Å². The summed E-state index contributed by atoms with van der Waals surface area (Å²) in [5.41, 5.74) is 1.87. The molecule has 1 aliphatic rings. The van der Waals surface area contributed by atoms with Crippen LogP contribution in [0.4, 0.5) is 0 Å². The molecule has 29 heavy (non-hydrogen) atoms. The maximum atomic E-state index is 12.0. The summed E-state index contributed by atoms with van der Waals surface area (Å²) >= 11 is 0. The van der Waals surface area contributed by atoms with Gasteiger partial charge in [0.2, 0.25) is 5.91 Å². The second-order valence-electron chi connectivity index (χ2n) is 8.37. The third-order valence-corrected chi connectivity index (χ3v) is 5.08. The van der Waals surface area contributed by atoms with Crippen molar-refractivity contribution >= 4 is 11.9 Å². The molecule has 1 atom stereocenters. The van der Waals surface area contributed by atoms with Crippen molar-refractivity contribution in [2.45, 2.75) is 39.2 Å². The number of carbonyl (C=O) groups excluding carboxylic acids is 1. The van der Waals surface area contributed by atoms with E-state index in [9.17, 15) is 9.59 Å². The Morgan fingerprint density at radius 3 is 2.34 bits per heavy atom. The largest absolute Gasteiger partial charge is 0.497 e. The van der Waals surface area contributed by atoms with Crippen LogP contribution in [0, 0.1) is 5.92 Å². The van der Waals surface area contributed by atoms with Crippen LogP contribution in [0.1, 0.15) is 38.3 Å². The fourth-order valence-corrected chi connectivity index (χ4v) is 3.41. The van der Waals surface area contributed by atoms with Gasteiger partial charge in [-0.15, -0.1) is 0 Å². The van der Waals surface area contributed by atoms with Crippen molar-refractivity contribution in [3.8, 4) is 17.2 Å². The summed E-state index contributed by atoms with van der Waals surface area (Å²) in [6, 6.07) is 13.3. The first-order valence-electron chi connectivity index (χ1n) is 9.63. The molecule has 0 spiro atoms. The van der Waals surface area contributed by atoms with Gasteiger partial charge in [-0.25, -0.2) is 0 Å². The number of carboxylic acids is 1. The molecule has 154 valence electrons. The lowest BCUT2D eigenvalue weighted by molar-refractivity contribution is -0.141. The molecule has 1 N–H and O–H groups in total. The van der Waals surface area contributed by atoms with Gasteiger partial charge in [0.1, 0.15) is 17.2 Å². The van der Waals surface area contributed by atoms with E-state index in [2.05, 4.69) is 20.8 Å². The third kappa shape index (κ3) is 4.88. The summed E-state index contributed by atoms with van der Waals surface area (Å²) in [6.07, 6.45) is 0.0730. The van der Waals surface area contributed by atoms with Gasteiger partial charge in [-0.2, -0.15) is 0 Å². The minimum absolute atomic E-state index is 0.0730. The fraction of sp³-hybridized carbons (Fsp3) is 0.391. The monoisotopic (exact) mass is 397 g/mol. The summed E-state index contributed by atoms with van der Waals surface area (Å²) in [5, 5.41) is 9.10. The molecule has 1 fully saturated rings. The van der Waals surface area contributed by atoms with Crippen LogP contribution in [0.2, 0.25) is 0 Å². The Morgan fingerprint density at radius 2 is 1.79 bits per heavy atom. The number of carboxylic acid groups (broad SMARTS) is 1. The molecule has 0 radical (unpaired) electrons. The van der Waals surface area contributed by atoms with Crippen LogP contribution in [0.3, 0.4) is 0 Å². The molecule has 2 aromatic carbocycles. The lowest BCUT2D eigenvalue weighted by Gasteiger charge is -2.23. The smallest absolute Gasteiger partial charge is 0.308 e. The van der Waals surface area contributed by atoms with Crippen LogP contribution in [-0.2, 0) is 21.5 Å². The zero-order valence-corrected chi connectivity index (χ0v) is 17.3. The molecular formula is C23H27NO5. The minimum Gasteiger partial charge on any atom is -0.497 e. The van der Waals surface area contributed by atoms with Gasteiger partial charge in [0.15, 0.2) is 0 Å². The Kier molecular flexibility index (Phi) is 5.82. The first-order chi connectivity index (χ1) is 13.7. The van der Waals surface area contributed by atoms with Crippen LogP contribution in [0.5, 0.6) is 17.2 Å². The highest BCUT2D eigenvalue weighted by Crippen LogP contribution is 2.36. The maximum Gasteiger partial charge on any atom is 0.308 e. The molecule has 3 rings (SSSR count). The van der Waals surface area contributed by atoms with Gasteiger partial charge in [-0.3, -0.25) is 9.59 Å². The first kappa shape index (κ1) is 20.7. The zero-order chi connectivity index (χ0) is 21.2. The molecule has 1 unspecified atom stereocenters. The lowest BCUT2D eigenvalue weighted by atomic mass is 9.86. The average molecular weight is 397 g/mol. The van der Waals surface area contributed by atoms with Crippen molar-refractivity contribution in [3.05, 3.63) is 53.6 Å². The van der Waals surface area contributed by atoms with Crippen LogP contribution in [0.15, 0.2) is 42.5 Å². The number of rotatable bonds is 6. The van der Waals surface area contributed by atoms with Gasteiger partial charge in [0, 0.05) is 25.1 Å². The van der Waals surface area contributed by atoms with Crippen molar-refractivity contribution in [1.82, 2.24) is 4.90 Å². The number of nitrogens with zero attached hydrogens (tertiary/aromatic N) is 1. The van der Waals surface area contributed by atoms with E-state index in [-0.39, 0.29) is 24.3 Å². The van der Waals surface area contributed by atoms with Gasteiger partial charge in [0.05, 0.1) is 13.0 Å². The molecule has 0 saturated carbocycles. The summed E-state index contributed by atoms with van der Waals surface area (Å²) < 4.78 is 11.5. The standard InChI is InChI=1S/C23H27NO5/c1-23(2,3)19-12-18(28-4)9-10-20(19)29-17-7-5-15(6-8-17)13-24-14-16(22(26)27)11-21(24)25/h5-10,12,16H,11,13-14H2,1-4H3,(H,26,27). The molecule has 2 aromatic rings. The SMILES string of the molecule is COc1ccc(Oc2ccc(CN3CC(C(=O)O)CC3=O)cc2)c(C(C)(C)C)c1. The number of methoxy groups -OCH3 is 1. The van der Waals surface area contributed by atoms with E-state index in [0.717, 1.165) is 22.6 Å². The summed E-state index contributed by atoms with van der Waals surface area (Å²) in [7, 11) is 1.64. The Morgan fingerprint density at radius 1 is 1.14 bits per heavy atom. The predicted octanol–water partition coefficient (Wildman–Crippen LogP) is 4.22. The van der Waals surface area contributed by atoms with Gasteiger partial charge in [-0.1, -0.05) is 32.9 Å². The zero-order valence-electron chi connectivity index (χ0n) is 17.3. The van der Waals surface area contributed by atoms with Crippen LogP contribution < -0.4 is 9.47 Å². The van der Waals surface area contributed by atoms with E-state index in [4.69, 9.17) is 14.6 Å². The van der Waals surface area contributed by atoms with Gasteiger partial charge in [-0.05, 0) is 41.3 Å². The molecule has 6 nitrogen and oxygen atoms in total. The van der Waals surface area contributed by atoms with E-state index >= 15 is 0 Å². The Hall–Kier alpha value is -3.02. The topological polar surface area (TPSA) is 76.1 Å². The number of carbonyl (C=O) groups is 2. The first-order valence-corrected chi connectivity index (χ1v) is 9.63. The Labute approximate surface area is 171 Å². The number of aliphatic carboxylic acids is 1. The van der Waals surface area contributed by atoms with Crippen LogP contribution in [-0.4, -0.2) is 35.5 Å². The van der Waals surface area contributed by atoms with Crippen molar-refractivity contribution in [1.29, 1.82) is 0 Å². The molecule has 0 bridgehead atoms. The maximum absolute atomic E-state index is 12.0. The summed E-state index contributed by atoms with van der Waals surface area (Å²) in [4.78, 5) is 24.7. The molecule has 0 aromatic heterocycles. The van der Waals surface area contributed by atoms with Gasteiger partial charge < -0.3 is 19.5 Å². The number of hydrogen-bond donors (Lipinski definition) is 1. The van der Waals surface area contributed by atoms with Crippen LogP contribution in [0.25, 0.3) is 0 Å². The fourth-order valence-electron chi connectivity index (χ4n) is 3.41. The number of likely N-dealkylation sites (tertiary alicyclic amines) is 1. The highest BCUT2D eigenvalue weighted by Gasteiger charge is 2.34. The lowest BCUT2D eigenvalue weighted by Crippen LogP contribution is -2.25. The van der Waals surface area contributed by atoms with E-state index in [1.807, 2.05) is 42.5 Å². The minimum atomic E-state index is -0.918. The highest BCUT2D eigenvalue weighted by molar-refractivity contribution is 5.86. The quantitative estimate of drug-likeness (QED) is 0.790. The molecule has 0 aliphatic carbocycles. The van der Waals surface area contributed by atoms with E-state index in [1.54, 1.807) is 12.0 Å². The number of benzene rings is 2. The third-order valence-electron chi connectivity index (χ3n) is 5.08. The second kappa shape index (κ2) is 8.15. The molecule has 1 heterocycles. The highest BCUT2D eigenvalue weighted by atomic mass is 16.5.